The standard InChI is InChI=1S/C26H37ClN8O2/c1-3-19-16-34(25-23(27)31-22(24(29)32-25)26(37)30-14-21(28)36)12-13-35(19)20-8-10-33(11-9-20)15-18-6-4-17(2)5-7-18/h4-7,19-20H,3,8-16H2,1-2H3,(H2,28,36)(H2,29,32)(H,30,37)/t19-/m0/s1. The van der Waals surface area contributed by atoms with Crippen LogP contribution in [0.25, 0.3) is 0 Å². The maximum absolute atomic E-state index is 12.3. The highest BCUT2D eigenvalue weighted by Gasteiger charge is 2.34. The Balaban J connectivity index is 1.35. The minimum atomic E-state index is -0.664. The van der Waals surface area contributed by atoms with E-state index in [4.69, 9.17) is 23.1 Å². The number of carbonyl (C=O) groups excluding carboxylic acids is 2. The van der Waals surface area contributed by atoms with Gasteiger partial charge in [0.25, 0.3) is 5.91 Å². The molecule has 5 N–H and O–H groups in total. The molecule has 0 radical (unpaired) electrons. The van der Waals surface area contributed by atoms with Gasteiger partial charge in [0.15, 0.2) is 22.5 Å². The molecule has 4 rings (SSSR count). The van der Waals surface area contributed by atoms with Gasteiger partial charge in [0, 0.05) is 38.3 Å². The third-order valence-electron chi connectivity index (χ3n) is 7.35. The van der Waals surface area contributed by atoms with E-state index in [-0.39, 0.29) is 23.2 Å². The zero-order valence-electron chi connectivity index (χ0n) is 21.6. The van der Waals surface area contributed by atoms with E-state index in [0.29, 0.717) is 17.9 Å². The number of likely N-dealkylation sites (tertiary alicyclic amines) is 1. The molecule has 37 heavy (non-hydrogen) atoms. The molecule has 0 saturated carbocycles. The van der Waals surface area contributed by atoms with Crippen molar-refractivity contribution >= 4 is 35.1 Å². The number of halogens is 1. The van der Waals surface area contributed by atoms with Gasteiger partial charge < -0.3 is 21.7 Å². The summed E-state index contributed by atoms with van der Waals surface area (Å²) in [6.45, 7) is 9.64. The first-order valence-electron chi connectivity index (χ1n) is 12.9. The summed E-state index contributed by atoms with van der Waals surface area (Å²) in [6, 6.07) is 9.75. The average Bonchev–Trinajstić information content (AvgIpc) is 2.89. The number of piperazine rings is 1. The van der Waals surface area contributed by atoms with Gasteiger partial charge in [0.05, 0.1) is 6.54 Å². The Kier molecular flexibility index (Phi) is 8.83. The van der Waals surface area contributed by atoms with Crippen molar-refractivity contribution in [2.24, 2.45) is 5.73 Å². The predicted molar refractivity (Wildman–Crippen MR) is 145 cm³/mol. The van der Waals surface area contributed by atoms with Crippen LogP contribution in [0, 0.1) is 6.92 Å². The number of rotatable bonds is 8. The van der Waals surface area contributed by atoms with Crippen molar-refractivity contribution in [1.82, 2.24) is 25.1 Å². The second-order valence-corrected chi connectivity index (χ2v) is 10.3. The summed E-state index contributed by atoms with van der Waals surface area (Å²) in [4.78, 5) is 39.1. The molecule has 2 aliphatic rings. The molecule has 1 aromatic carbocycles. The van der Waals surface area contributed by atoms with Gasteiger partial charge in [-0.05, 0) is 44.8 Å². The number of nitrogens with zero attached hydrogens (tertiary/aromatic N) is 5. The zero-order valence-corrected chi connectivity index (χ0v) is 22.4. The van der Waals surface area contributed by atoms with E-state index in [1.54, 1.807) is 0 Å². The number of carbonyl (C=O) groups is 2. The highest BCUT2D eigenvalue weighted by atomic mass is 35.5. The Hall–Kier alpha value is -2.95. The Morgan fingerprint density at radius 2 is 1.81 bits per heavy atom. The summed E-state index contributed by atoms with van der Waals surface area (Å²) in [5.74, 6) is -0.848. The molecule has 1 aromatic heterocycles. The van der Waals surface area contributed by atoms with E-state index in [2.05, 4.69) is 68.1 Å². The van der Waals surface area contributed by atoms with Gasteiger partial charge in [0.2, 0.25) is 5.91 Å². The molecular weight excluding hydrogens is 492 g/mol. The molecule has 2 aliphatic heterocycles. The molecule has 2 aromatic rings. The number of hydrogen-bond donors (Lipinski definition) is 3. The van der Waals surface area contributed by atoms with Crippen LogP contribution in [0.3, 0.4) is 0 Å². The van der Waals surface area contributed by atoms with Crippen LogP contribution in [0.4, 0.5) is 11.6 Å². The van der Waals surface area contributed by atoms with Crippen LogP contribution in [-0.4, -0.2) is 82.9 Å². The number of nitrogens with two attached hydrogens (primary N) is 2. The number of piperidine rings is 1. The summed E-state index contributed by atoms with van der Waals surface area (Å²) in [7, 11) is 0. The predicted octanol–water partition coefficient (Wildman–Crippen LogP) is 1.80. The first kappa shape index (κ1) is 27.1. The van der Waals surface area contributed by atoms with Crippen molar-refractivity contribution in [3.05, 3.63) is 46.2 Å². The first-order chi connectivity index (χ1) is 17.7. The van der Waals surface area contributed by atoms with Gasteiger partial charge in [-0.1, -0.05) is 48.4 Å². The second-order valence-electron chi connectivity index (χ2n) is 9.96. The van der Waals surface area contributed by atoms with E-state index >= 15 is 0 Å². The van der Waals surface area contributed by atoms with Crippen molar-refractivity contribution in [2.75, 3.05) is 49.9 Å². The lowest BCUT2D eigenvalue weighted by Gasteiger charge is -2.47. The summed E-state index contributed by atoms with van der Waals surface area (Å²) in [5, 5.41) is 2.48. The Morgan fingerprint density at radius 1 is 1.11 bits per heavy atom. The summed E-state index contributed by atoms with van der Waals surface area (Å²) >= 11 is 6.45. The minimum absolute atomic E-state index is 0.0298. The Bertz CT molecular complexity index is 1100. The first-order valence-corrected chi connectivity index (χ1v) is 13.3. The number of aromatic nitrogens is 2. The van der Waals surface area contributed by atoms with Crippen LogP contribution < -0.4 is 21.7 Å². The van der Waals surface area contributed by atoms with E-state index in [0.717, 1.165) is 58.5 Å². The van der Waals surface area contributed by atoms with Gasteiger partial charge in [0.1, 0.15) is 0 Å². The fraction of sp³-hybridized carbons (Fsp3) is 0.538. The molecule has 200 valence electrons. The fourth-order valence-corrected chi connectivity index (χ4v) is 5.55. The van der Waals surface area contributed by atoms with E-state index < -0.39 is 11.8 Å². The normalized spacial score (nSPS) is 19.6. The van der Waals surface area contributed by atoms with Crippen LogP contribution >= 0.6 is 11.6 Å². The maximum atomic E-state index is 12.3. The van der Waals surface area contributed by atoms with Crippen LogP contribution in [0.2, 0.25) is 5.15 Å². The van der Waals surface area contributed by atoms with Gasteiger partial charge >= 0.3 is 0 Å². The van der Waals surface area contributed by atoms with Crippen molar-refractivity contribution < 1.29 is 9.59 Å². The maximum Gasteiger partial charge on any atom is 0.274 e. The molecule has 10 nitrogen and oxygen atoms in total. The SMILES string of the molecule is CC[C@H]1CN(c2nc(N)c(C(=O)NCC(N)=O)nc2Cl)CCN1C1CCN(Cc2ccc(C)cc2)CC1. The van der Waals surface area contributed by atoms with Crippen LogP contribution in [0.5, 0.6) is 0 Å². The smallest absolute Gasteiger partial charge is 0.274 e. The number of aryl methyl sites for hydroxylation is 1. The monoisotopic (exact) mass is 528 g/mol. The number of hydrogen-bond acceptors (Lipinski definition) is 8. The highest BCUT2D eigenvalue weighted by molar-refractivity contribution is 6.32. The van der Waals surface area contributed by atoms with Gasteiger partial charge in [-0.2, -0.15) is 0 Å². The highest BCUT2D eigenvalue weighted by Crippen LogP contribution is 2.30. The van der Waals surface area contributed by atoms with Crippen LogP contribution in [-0.2, 0) is 11.3 Å². The third-order valence-corrected chi connectivity index (χ3v) is 7.61. The molecule has 0 unspecified atom stereocenters. The molecule has 0 aliphatic carbocycles. The zero-order chi connectivity index (χ0) is 26.5. The molecule has 0 bridgehead atoms. The lowest BCUT2D eigenvalue weighted by molar-refractivity contribution is -0.117. The number of nitrogen functional groups attached to an aromatic ring is 1. The fourth-order valence-electron chi connectivity index (χ4n) is 5.30. The number of amides is 2. The summed E-state index contributed by atoms with van der Waals surface area (Å²) < 4.78 is 0. The Morgan fingerprint density at radius 3 is 2.46 bits per heavy atom. The number of benzene rings is 1. The molecule has 2 saturated heterocycles. The summed E-state index contributed by atoms with van der Waals surface area (Å²) in [5.41, 5.74) is 13.7. The lowest BCUT2D eigenvalue weighted by atomic mass is 9.98. The van der Waals surface area contributed by atoms with Crippen LogP contribution in [0.1, 0.15) is 47.8 Å². The molecule has 1 atom stereocenters. The van der Waals surface area contributed by atoms with E-state index in [9.17, 15) is 9.59 Å². The quantitative estimate of drug-likeness (QED) is 0.472. The molecule has 2 fully saturated rings. The minimum Gasteiger partial charge on any atom is -0.382 e. The Labute approximate surface area is 223 Å². The largest absolute Gasteiger partial charge is 0.382 e. The second kappa shape index (κ2) is 12.1. The number of primary amides is 1. The molecular formula is C26H37ClN8O2. The molecule has 11 heteroatoms. The molecule has 0 spiro atoms. The third kappa shape index (κ3) is 6.68. The lowest BCUT2D eigenvalue weighted by Crippen LogP contribution is -2.58. The van der Waals surface area contributed by atoms with Crippen molar-refractivity contribution in [1.29, 1.82) is 0 Å². The van der Waals surface area contributed by atoms with Gasteiger partial charge in [-0.15, -0.1) is 0 Å². The van der Waals surface area contributed by atoms with Crippen LogP contribution in [0.15, 0.2) is 24.3 Å². The number of nitrogens with one attached hydrogen (secondary N) is 1. The number of anilines is 2. The van der Waals surface area contributed by atoms with E-state index in [1.165, 1.54) is 11.1 Å². The van der Waals surface area contributed by atoms with Crippen molar-refractivity contribution in [2.45, 2.75) is 51.7 Å². The van der Waals surface area contributed by atoms with E-state index in [1.807, 2.05) is 0 Å². The summed E-state index contributed by atoms with van der Waals surface area (Å²) in [6.07, 6.45) is 3.32. The topological polar surface area (TPSA) is 134 Å². The average molecular weight is 529 g/mol. The van der Waals surface area contributed by atoms with Gasteiger partial charge in [-0.3, -0.25) is 19.4 Å². The van der Waals surface area contributed by atoms with Crippen molar-refractivity contribution in [3.63, 3.8) is 0 Å². The molecule has 3 heterocycles. The van der Waals surface area contributed by atoms with Gasteiger partial charge in [-0.25, -0.2) is 9.97 Å². The molecule has 2 amide bonds. The van der Waals surface area contributed by atoms with Crippen molar-refractivity contribution in [3.8, 4) is 0 Å².